The first-order valence-electron chi connectivity index (χ1n) is 7.86. The third kappa shape index (κ3) is 4.68. The summed E-state index contributed by atoms with van der Waals surface area (Å²) in [4.78, 5) is 14.6. The topological polar surface area (TPSA) is 64.3 Å². The highest BCUT2D eigenvalue weighted by molar-refractivity contribution is 5.95. The molecule has 0 bridgehead atoms. The average Bonchev–Trinajstić information content (AvgIpc) is 2.53. The second kappa shape index (κ2) is 7.29. The van der Waals surface area contributed by atoms with Crippen LogP contribution >= 0.6 is 0 Å². The van der Waals surface area contributed by atoms with Crippen LogP contribution in [0.4, 0.5) is 0 Å². The van der Waals surface area contributed by atoms with E-state index in [9.17, 15) is 9.90 Å². The highest BCUT2D eigenvalue weighted by atomic mass is 16.3. The second-order valence-electron chi connectivity index (χ2n) is 6.60. The van der Waals surface area contributed by atoms with Gasteiger partial charge in [0.2, 0.25) is 0 Å². The molecule has 1 amide bonds. The number of nitrogens with zero attached hydrogens (tertiary/aromatic N) is 2. The van der Waals surface area contributed by atoms with Crippen molar-refractivity contribution in [2.24, 2.45) is 0 Å². The van der Waals surface area contributed by atoms with Crippen LogP contribution in [0.5, 0.6) is 0 Å². The molecule has 0 aliphatic carbocycles. The van der Waals surface area contributed by atoms with Gasteiger partial charge >= 0.3 is 0 Å². The van der Waals surface area contributed by atoms with Gasteiger partial charge in [-0.05, 0) is 50.1 Å². The van der Waals surface area contributed by atoms with Crippen molar-refractivity contribution in [3.8, 4) is 6.07 Å². The molecule has 0 atom stereocenters. The molecule has 124 valence electrons. The van der Waals surface area contributed by atoms with E-state index in [0.717, 1.165) is 11.1 Å². The molecule has 0 fully saturated rings. The number of aryl methyl sites for hydroxylation is 1. The Morgan fingerprint density at radius 1 is 1.21 bits per heavy atom. The maximum absolute atomic E-state index is 13.0. The minimum Gasteiger partial charge on any atom is -0.389 e. The van der Waals surface area contributed by atoms with Gasteiger partial charge in [0.25, 0.3) is 5.91 Å². The van der Waals surface area contributed by atoms with Gasteiger partial charge < -0.3 is 10.0 Å². The summed E-state index contributed by atoms with van der Waals surface area (Å²) in [5, 5.41) is 19.1. The number of hydrogen-bond acceptors (Lipinski definition) is 3. The van der Waals surface area contributed by atoms with E-state index >= 15 is 0 Å². The normalized spacial score (nSPS) is 11.0. The molecule has 0 aliphatic heterocycles. The molecular weight excluding hydrogens is 300 g/mol. The van der Waals surface area contributed by atoms with E-state index in [-0.39, 0.29) is 12.5 Å². The summed E-state index contributed by atoms with van der Waals surface area (Å²) < 4.78 is 0. The molecule has 0 heterocycles. The fourth-order valence-corrected chi connectivity index (χ4v) is 2.61. The number of rotatable bonds is 5. The summed E-state index contributed by atoms with van der Waals surface area (Å²) in [7, 11) is 0. The Labute approximate surface area is 143 Å². The van der Waals surface area contributed by atoms with Gasteiger partial charge in [0.15, 0.2) is 0 Å². The minimum absolute atomic E-state index is 0.150. The molecule has 0 radical (unpaired) electrons. The van der Waals surface area contributed by atoms with E-state index in [1.807, 2.05) is 37.3 Å². The number of nitriles is 1. The summed E-state index contributed by atoms with van der Waals surface area (Å²) in [5.74, 6) is -0.150. The van der Waals surface area contributed by atoms with Crippen molar-refractivity contribution in [1.29, 1.82) is 5.26 Å². The number of amides is 1. The molecule has 0 aromatic heterocycles. The monoisotopic (exact) mass is 322 g/mol. The lowest BCUT2D eigenvalue weighted by Crippen LogP contribution is -2.42. The Balaban J connectivity index is 2.32. The van der Waals surface area contributed by atoms with E-state index in [0.29, 0.717) is 17.7 Å². The van der Waals surface area contributed by atoms with Gasteiger partial charge in [-0.15, -0.1) is 0 Å². The van der Waals surface area contributed by atoms with E-state index in [4.69, 9.17) is 5.26 Å². The van der Waals surface area contributed by atoms with Crippen LogP contribution in [0.25, 0.3) is 0 Å². The zero-order valence-electron chi connectivity index (χ0n) is 14.3. The highest BCUT2D eigenvalue weighted by Crippen LogP contribution is 2.18. The smallest absolute Gasteiger partial charge is 0.254 e. The van der Waals surface area contributed by atoms with Crippen molar-refractivity contribution in [2.75, 3.05) is 6.54 Å². The predicted molar refractivity (Wildman–Crippen MR) is 93.4 cm³/mol. The van der Waals surface area contributed by atoms with Gasteiger partial charge in [-0.1, -0.05) is 30.3 Å². The van der Waals surface area contributed by atoms with Crippen LogP contribution in [0.2, 0.25) is 0 Å². The summed E-state index contributed by atoms with van der Waals surface area (Å²) in [6, 6.07) is 16.8. The van der Waals surface area contributed by atoms with Crippen LogP contribution in [0.3, 0.4) is 0 Å². The molecule has 24 heavy (non-hydrogen) atoms. The molecule has 4 heteroatoms. The maximum Gasteiger partial charge on any atom is 0.254 e. The largest absolute Gasteiger partial charge is 0.389 e. The van der Waals surface area contributed by atoms with Crippen molar-refractivity contribution in [2.45, 2.75) is 32.9 Å². The van der Waals surface area contributed by atoms with E-state index in [1.54, 1.807) is 36.9 Å². The van der Waals surface area contributed by atoms with Crippen molar-refractivity contribution >= 4 is 5.91 Å². The summed E-state index contributed by atoms with van der Waals surface area (Å²) in [6.07, 6.45) is 0. The SMILES string of the molecule is Cc1cc(C#N)ccc1C(=O)N(Cc1ccccc1)CC(C)(C)O. The van der Waals surface area contributed by atoms with E-state index in [2.05, 4.69) is 6.07 Å². The standard InChI is InChI=1S/C20H22N2O2/c1-15-11-17(12-21)9-10-18(15)19(23)22(14-20(2,3)24)13-16-7-5-4-6-8-16/h4-11,24H,13-14H2,1-3H3. The minimum atomic E-state index is -0.995. The third-order valence-corrected chi connectivity index (χ3v) is 3.67. The van der Waals surface area contributed by atoms with Gasteiger partial charge in [0.05, 0.1) is 17.2 Å². The lowest BCUT2D eigenvalue weighted by Gasteiger charge is -2.30. The fraction of sp³-hybridized carbons (Fsp3) is 0.300. The molecule has 2 aromatic rings. The highest BCUT2D eigenvalue weighted by Gasteiger charge is 2.24. The van der Waals surface area contributed by atoms with Crippen molar-refractivity contribution in [1.82, 2.24) is 4.90 Å². The van der Waals surface area contributed by atoms with Gasteiger partial charge in [0, 0.05) is 18.7 Å². The molecule has 0 spiro atoms. The van der Waals surface area contributed by atoms with Gasteiger partial charge in [-0.3, -0.25) is 4.79 Å². The molecule has 0 unspecified atom stereocenters. The van der Waals surface area contributed by atoms with Crippen molar-refractivity contribution < 1.29 is 9.90 Å². The Kier molecular flexibility index (Phi) is 5.38. The Morgan fingerprint density at radius 3 is 2.42 bits per heavy atom. The Morgan fingerprint density at radius 2 is 1.88 bits per heavy atom. The van der Waals surface area contributed by atoms with Gasteiger partial charge in [0.1, 0.15) is 0 Å². The summed E-state index contributed by atoms with van der Waals surface area (Å²) in [6.45, 7) is 5.83. The van der Waals surface area contributed by atoms with Crippen molar-refractivity contribution in [3.05, 3.63) is 70.8 Å². The Bertz CT molecular complexity index is 755. The molecular formula is C20H22N2O2. The van der Waals surface area contributed by atoms with E-state index < -0.39 is 5.60 Å². The number of carbonyl (C=O) groups is 1. The summed E-state index contributed by atoms with van der Waals surface area (Å²) >= 11 is 0. The van der Waals surface area contributed by atoms with E-state index in [1.165, 1.54) is 0 Å². The Hall–Kier alpha value is -2.64. The molecule has 2 rings (SSSR count). The van der Waals surface area contributed by atoms with Crippen LogP contribution in [0.15, 0.2) is 48.5 Å². The second-order valence-corrected chi connectivity index (χ2v) is 6.60. The molecule has 4 nitrogen and oxygen atoms in total. The van der Waals surface area contributed by atoms with Gasteiger partial charge in [-0.2, -0.15) is 5.26 Å². The van der Waals surface area contributed by atoms with Crippen LogP contribution in [-0.2, 0) is 6.54 Å². The van der Waals surface area contributed by atoms with Gasteiger partial charge in [-0.25, -0.2) is 0 Å². The molecule has 1 N–H and O–H groups in total. The maximum atomic E-state index is 13.0. The molecule has 2 aromatic carbocycles. The lowest BCUT2D eigenvalue weighted by atomic mass is 10.0. The van der Waals surface area contributed by atoms with Crippen LogP contribution in [0.1, 0.15) is 40.9 Å². The first kappa shape index (κ1) is 17.7. The third-order valence-electron chi connectivity index (χ3n) is 3.67. The van der Waals surface area contributed by atoms with Crippen molar-refractivity contribution in [3.63, 3.8) is 0 Å². The fourth-order valence-electron chi connectivity index (χ4n) is 2.61. The zero-order chi connectivity index (χ0) is 17.7. The quantitative estimate of drug-likeness (QED) is 0.919. The number of benzene rings is 2. The van der Waals surface area contributed by atoms with Crippen LogP contribution < -0.4 is 0 Å². The molecule has 0 saturated heterocycles. The average molecular weight is 322 g/mol. The summed E-state index contributed by atoms with van der Waals surface area (Å²) in [5.41, 5.74) is 1.84. The predicted octanol–water partition coefficient (Wildman–Crippen LogP) is 3.28. The number of hydrogen-bond donors (Lipinski definition) is 1. The van der Waals surface area contributed by atoms with Crippen LogP contribution in [-0.4, -0.2) is 28.1 Å². The molecule has 0 aliphatic rings. The molecule has 0 saturated carbocycles. The first-order valence-corrected chi connectivity index (χ1v) is 7.86. The van der Waals surface area contributed by atoms with Crippen LogP contribution in [0, 0.1) is 18.3 Å². The first-order chi connectivity index (χ1) is 11.3. The number of aliphatic hydroxyl groups is 1. The zero-order valence-corrected chi connectivity index (χ0v) is 14.3. The lowest BCUT2D eigenvalue weighted by molar-refractivity contribution is 0.0279. The number of carbonyl (C=O) groups excluding carboxylic acids is 1.